The molecule has 0 aromatic carbocycles. The number of hydrogen-bond donors (Lipinski definition) is 19. The van der Waals surface area contributed by atoms with Gasteiger partial charge in [-0.25, -0.2) is 0 Å². The summed E-state index contributed by atoms with van der Waals surface area (Å²) in [6.45, 7) is -1.22. The Labute approximate surface area is 408 Å². The fourth-order valence-electron chi connectivity index (χ4n) is 9.15. The molecule has 0 bridgehead atoms. The van der Waals surface area contributed by atoms with Crippen LogP contribution in [0.4, 0.5) is 0 Å². The second kappa shape index (κ2) is 25.3. The van der Waals surface area contributed by atoms with Gasteiger partial charge in [0.15, 0.2) is 37.7 Å². The largest absolute Gasteiger partial charge is 0.394 e. The van der Waals surface area contributed by atoms with E-state index in [9.17, 15) is 96.4 Å². The maximum Gasteiger partial charge on any atom is 0.217 e. The third kappa shape index (κ3) is 12.6. The first-order valence-corrected chi connectivity index (χ1v) is 23.0. The van der Waals surface area contributed by atoms with Gasteiger partial charge < -0.3 is 150 Å². The van der Waals surface area contributed by atoms with E-state index in [0.29, 0.717) is 0 Å². The Morgan fingerprint density at radius 1 is 0.389 bits per heavy atom. The summed E-state index contributed by atoms with van der Waals surface area (Å²) in [7, 11) is 0. The van der Waals surface area contributed by atoms with Crippen molar-refractivity contribution in [3.8, 4) is 0 Å². The SMILES string of the molecule is CC(=O)N[C@@H]1[C@@H](OC2O[C@H](CO)[C@H](OC3O[C@H](CO)[C@@H](OC4O[C@H](COC5O[C@H](CO)[C@@H](O)[C@H](O)[C@@H]5O)[C@@H](O)[C@H](O)[C@H]4O)[C@H](O)[C@H]3NC(C)=O)[C@H](O)[C@H]2OC2O[C@@H](C)[C@@H](O)[C@@H](O)[C@@H]2O)[C@@H](O)[C@@H](CO)O[C@@H]1O. The van der Waals surface area contributed by atoms with Crippen LogP contribution in [0.3, 0.4) is 0 Å². The number of rotatable bonds is 17. The maximum absolute atomic E-state index is 12.7. The van der Waals surface area contributed by atoms with Gasteiger partial charge in [0, 0.05) is 13.8 Å². The van der Waals surface area contributed by atoms with Crippen molar-refractivity contribution >= 4 is 11.8 Å². The predicted octanol–water partition coefficient (Wildman–Crippen LogP) is -12.8. The lowest BCUT2D eigenvalue weighted by Gasteiger charge is -2.51. The zero-order valence-electron chi connectivity index (χ0n) is 38.8. The summed E-state index contributed by atoms with van der Waals surface area (Å²) in [6, 6.07) is -3.40. The smallest absolute Gasteiger partial charge is 0.217 e. The van der Waals surface area contributed by atoms with Crippen LogP contribution in [0.25, 0.3) is 0 Å². The Kier molecular flexibility index (Phi) is 20.8. The topological polar surface area (TPSA) is 504 Å². The minimum Gasteiger partial charge on any atom is -0.394 e. The summed E-state index contributed by atoms with van der Waals surface area (Å²) in [5.41, 5.74) is 0. The molecule has 6 aliphatic rings. The van der Waals surface area contributed by atoms with Crippen molar-refractivity contribution in [2.45, 2.75) is 205 Å². The number of amides is 2. The monoisotopic (exact) mass is 1060 g/mol. The predicted molar refractivity (Wildman–Crippen MR) is 221 cm³/mol. The molecule has 418 valence electrons. The Morgan fingerprint density at radius 2 is 0.806 bits per heavy atom. The van der Waals surface area contributed by atoms with Crippen LogP contribution in [0.1, 0.15) is 20.8 Å². The third-order valence-corrected chi connectivity index (χ3v) is 13.2. The van der Waals surface area contributed by atoms with Gasteiger partial charge in [-0.05, 0) is 6.92 Å². The number of aliphatic hydroxyl groups is 17. The molecule has 5 unspecified atom stereocenters. The normalized spacial score (nSPS) is 50.3. The molecule has 72 heavy (non-hydrogen) atoms. The molecule has 19 N–H and O–H groups in total. The van der Waals surface area contributed by atoms with Crippen LogP contribution >= 0.6 is 0 Å². The van der Waals surface area contributed by atoms with Gasteiger partial charge in [0.25, 0.3) is 0 Å². The molecule has 6 heterocycles. The van der Waals surface area contributed by atoms with E-state index in [2.05, 4.69) is 10.6 Å². The van der Waals surface area contributed by atoms with Crippen molar-refractivity contribution in [3.05, 3.63) is 0 Å². The van der Waals surface area contributed by atoms with E-state index in [1.165, 1.54) is 6.92 Å². The molecule has 30 atom stereocenters. The van der Waals surface area contributed by atoms with Crippen molar-refractivity contribution in [2.75, 3.05) is 33.0 Å². The molecule has 6 saturated heterocycles. The molecular formula is C40H68N2O30. The fraction of sp³-hybridized carbons (Fsp3) is 0.950. The highest BCUT2D eigenvalue weighted by Crippen LogP contribution is 2.37. The highest BCUT2D eigenvalue weighted by Gasteiger charge is 2.58. The molecule has 2 amide bonds. The molecule has 0 saturated carbocycles. The second-order valence-corrected chi connectivity index (χ2v) is 18.3. The fourth-order valence-corrected chi connectivity index (χ4v) is 9.15. The molecule has 6 rings (SSSR count). The summed E-state index contributed by atoms with van der Waals surface area (Å²) in [6.07, 6.45) is -51.8. The number of carbonyl (C=O) groups is 2. The van der Waals surface area contributed by atoms with E-state index < -0.39 is 229 Å². The van der Waals surface area contributed by atoms with Crippen molar-refractivity contribution in [1.82, 2.24) is 10.6 Å². The van der Waals surface area contributed by atoms with Crippen LogP contribution < -0.4 is 10.6 Å². The average molecular weight is 1060 g/mol. The van der Waals surface area contributed by atoms with E-state index in [1.807, 2.05) is 0 Å². The van der Waals surface area contributed by atoms with Crippen molar-refractivity contribution in [3.63, 3.8) is 0 Å². The summed E-state index contributed by atoms with van der Waals surface area (Å²) in [5.74, 6) is -1.61. The van der Waals surface area contributed by atoms with Gasteiger partial charge in [0.1, 0.15) is 140 Å². The molecule has 6 fully saturated rings. The van der Waals surface area contributed by atoms with Crippen LogP contribution in [0.5, 0.6) is 0 Å². The molecule has 0 aromatic heterocycles. The molecule has 0 aromatic rings. The number of carbonyl (C=O) groups excluding carboxylic acids is 2. The van der Waals surface area contributed by atoms with E-state index in [0.717, 1.165) is 13.8 Å². The third-order valence-electron chi connectivity index (χ3n) is 13.2. The first-order chi connectivity index (χ1) is 34.0. The highest BCUT2D eigenvalue weighted by atomic mass is 16.8. The maximum atomic E-state index is 12.7. The quantitative estimate of drug-likeness (QED) is 0.0643. The number of nitrogens with one attached hydrogen (secondary N) is 2. The standard InChI is InChI=1S/C40H68N2O30/c1-9-19(49)24(54)28(58)38(63-9)72-34-30(60)32(15(7-46)67-40(34)71-33-18(42-11(3)48)35(61)64-13(5-44)22(33)52)69-36-17(41-10(2)47)23(53)31(14(6-45)66-36)70-39-29(59)26(56)21(51)16(68-39)8-62-37-27(57)25(55)20(50)12(4-43)65-37/h9,12-40,43-46,49-61H,4-8H2,1-3H3,(H,41,47)(H,42,48)/t9-,12+,13+,14+,15+,16+,17+,18+,19+,20+,21+,22-,23+,24+,25-,26-,27-,28-,29+,30-,31+,32-,33+,34+,35-,36?,37?,38?,39?,40?/m0/s1. The Morgan fingerprint density at radius 3 is 1.38 bits per heavy atom. The first kappa shape index (κ1) is 59.1. The minimum atomic E-state index is -2.19. The van der Waals surface area contributed by atoms with Crippen LogP contribution in [0.2, 0.25) is 0 Å². The van der Waals surface area contributed by atoms with E-state index >= 15 is 0 Å². The van der Waals surface area contributed by atoms with Crippen LogP contribution in [-0.2, 0) is 61.7 Å². The molecule has 6 aliphatic heterocycles. The van der Waals surface area contributed by atoms with Gasteiger partial charge in [-0.15, -0.1) is 0 Å². The average Bonchev–Trinajstić information content (AvgIpc) is 3.34. The minimum absolute atomic E-state index is 0.759. The van der Waals surface area contributed by atoms with Gasteiger partial charge in [-0.3, -0.25) is 9.59 Å². The van der Waals surface area contributed by atoms with E-state index in [1.54, 1.807) is 0 Å². The van der Waals surface area contributed by atoms with E-state index in [4.69, 9.17) is 52.1 Å². The zero-order chi connectivity index (χ0) is 53.2. The molecule has 0 spiro atoms. The Bertz CT molecular complexity index is 1730. The van der Waals surface area contributed by atoms with E-state index in [-0.39, 0.29) is 0 Å². The summed E-state index contributed by atoms with van der Waals surface area (Å²) in [4.78, 5) is 24.8. The van der Waals surface area contributed by atoms with Crippen LogP contribution in [-0.4, -0.2) is 316 Å². The van der Waals surface area contributed by atoms with Gasteiger partial charge in [-0.2, -0.15) is 0 Å². The van der Waals surface area contributed by atoms with Crippen molar-refractivity contribution in [2.24, 2.45) is 0 Å². The lowest BCUT2D eigenvalue weighted by molar-refractivity contribution is -0.396. The molecular weight excluding hydrogens is 988 g/mol. The molecule has 32 heteroatoms. The number of ether oxygens (including phenoxy) is 11. The Hall–Kier alpha value is -2.18. The van der Waals surface area contributed by atoms with Gasteiger partial charge in [0.2, 0.25) is 11.8 Å². The van der Waals surface area contributed by atoms with Crippen LogP contribution in [0, 0.1) is 0 Å². The van der Waals surface area contributed by atoms with Crippen molar-refractivity contribution < 1.29 is 149 Å². The second-order valence-electron chi connectivity index (χ2n) is 18.3. The summed E-state index contributed by atoms with van der Waals surface area (Å²) < 4.78 is 63.1. The lowest BCUT2D eigenvalue weighted by Crippen LogP contribution is -2.71. The summed E-state index contributed by atoms with van der Waals surface area (Å²) >= 11 is 0. The lowest BCUT2D eigenvalue weighted by atomic mass is 9.94. The first-order valence-electron chi connectivity index (χ1n) is 23.0. The zero-order valence-corrected chi connectivity index (χ0v) is 38.8. The van der Waals surface area contributed by atoms with Gasteiger partial charge in [0.05, 0.1) is 39.1 Å². The van der Waals surface area contributed by atoms with Crippen LogP contribution in [0.15, 0.2) is 0 Å². The number of hydrogen-bond acceptors (Lipinski definition) is 30. The van der Waals surface area contributed by atoms with Gasteiger partial charge in [-0.1, -0.05) is 0 Å². The number of aliphatic hydroxyl groups excluding tert-OH is 17. The Balaban J connectivity index is 1.25. The highest BCUT2D eigenvalue weighted by molar-refractivity contribution is 5.73. The summed E-state index contributed by atoms with van der Waals surface area (Å²) in [5, 5.41) is 186. The van der Waals surface area contributed by atoms with Crippen molar-refractivity contribution in [1.29, 1.82) is 0 Å². The molecule has 0 radical (unpaired) electrons. The van der Waals surface area contributed by atoms with Gasteiger partial charge >= 0.3 is 0 Å². The molecule has 0 aliphatic carbocycles. The molecule has 32 nitrogen and oxygen atoms in total.